The second-order valence-electron chi connectivity index (χ2n) is 3.99. The first-order valence-corrected chi connectivity index (χ1v) is 5.42. The average Bonchev–Trinajstić information content (AvgIpc) is 2.22. The predicted molar refractivity (Wildman–Crippen MR) is 65.5 cm³/mol. The van der Waals surface area contributed by atoms with Gasteiger partial charge in [-0.2, -0.15) is 0 Å². The molecule has 15 heavy (non-hydrogen) atoms. The quantitative estimate of drug-likeness (QED) is 0.588. The van der Waals surface area contributed by atoms with Gasteiger partial charge in [-0.1, -0.05) is 18.2 Å². The Labute approximate surface area is 92.7 Å². The zero-order chi connectivity index (χ0) is 11.3. The molecule has 0 amide bonds. The molecule has 1 atom stereocenters. The normalized spacial score (nSPS) is 12.1. The smallest absolute Gasteiger partial charge is 0.0297 e. The summed E-state index contributed by atoms with van der Waals surface area (Å²) in [6, 6.07) is 6.42. The number of hydrogen-bond acceptors (Lipinski definition) is 1. The molecule has 0 aliphatic rings. The lowest BCUT2D eigenvalue weighted by molar-refractivity contribution is 0.617. The molecular weight excluding hydrogens is 182 g/mol. The lowest BCUT2D eigenvalue weighted by Crippen LogP contribution is -2.12. The summed E-state index contributed by atoms with van der Waals surface area (Å²) in [6.07, 6.45) is 8.01. The first kappa shape index (κ1) is 11.8. The molecule has 0 spiro atoms. The molecule has 1 aromatic carbocycles. The molecule has 80 valence electrons. The van der Waals surface area contributed by atoms with Crippen molar-refractivity contribution in [3.05, 3.63) is 34.9 Å². The van der Waals surface area contributed by atoms with E-state index in [2.05, 4.69) is 38.0 Å². The van der Waals surface area contributed by atoms with Crippen LogP contribution in [0.1, 0.15) is 42.0 Å². The van der Waals surface area contributed by atoms with Crippen molar-refractivity contribution in [2.24, 2.45) is 5.73 Å². The van der Waals surface area contributed by atoms with Crippen LogP contribution in [0.2, 0.25) is 0 Å². The Balaban J connectivity index is 2.70. The average molecular weight is 201 g/mol. The SMILES string of the molecule is C#CCCCC(N)c1cccc(C)c1C. The van der Waals surface area contributed by atoms with Crippen molar-refractivity contribution < 1.29 is 0 Å². The number of aryl methyl sites for hydroxylation is 1. The van der Waals surface area contributed by atoms with Crippen LogP contribution in [0.25, 0.3) is 0 Å². The lowest BCUT2D eigenvalue weighted by atomic mass is 9.95. The Bertz CT molecular complexity index is 360. The fraction of sp³-hybridized carbons (Fsp3) is 0.429. The van der Waals surface area contributed by atoms with E-state index in [0.29, 0.717) is 0 Å². The highest BCUT2D eigenvalue weighted by Crippen LogP contribution is 2.22. The van der Waals surface area contributed by atoms with Crippen LogP contribution >= 0.6 is 0 Å². The fourth-order valence-corrected chi connectivity index (χ4v) is 1.76. The Morgan fingerprint density at radius 3 is 2.80 bits per heavy atom. The molecule has 1 rings (SSSR count). The highest BCUT2D eigenvalue weighted by atomic mass is 14.6. The predicted octanol–water partition coefficient (Wildman–Crippen LogP) is 3.11. The first-order chi connectivity index (χ1) is 7.16. The molecule has 1 unspecified atom stereocenters. The van der Waals surface area contributed by atoms with Gasteiger partial charge >= 0.3 is 0 Å². The minimum atomic E-state index is 0.123. The third-order valence-electron chi connectivity index (χ3n) is 2.88. The van der Waals surface area contributed by atoms with Gasteiger partial charge in [-0.05, 0) is 43.4 Å². The second kappa shape index (κ2) is 5.58. The van der Waals surface area contributed by atoms with Crippen LogP contribution in [0.15, 0.2) is 18.2 Å². The molecule has 1 heteroatoms. The van der Waals surface area contributed by atoms with Crippen molar-refractivity contribution in [3.8, 4) is 12.3 Å². The maximum absolute atomic E-state index is 6.14. The van der Waals surface area contributed by atoms with Gasteiger partial charge in [0.25, 0.3) is 0 Å². The van der Waals surface area contributed by atoms with Crippen molar-refractivity contribution >= 4 is 0 Å². The molecule has 0 aliphatic heterocycles. The molecule has 0 fully saturated rings. The maximum Gasteiger partial charge on any atom is 0.0297 e. The topological polar surface area (TPSA) is 26.0 Å². The van der Waals surface area contributed by atoms with Crippen LogP contribution in [0.3, 0.4) is 0 Å². The van der Waals surface area contributed by atoms with Gasteiger partial charge in [-0.3, -0.25) is 0 Å². The number of terminal acetylenes is 1. The summed E-state index contributed by atoms with van der Waals surface area (Å²) in [4.78, 5) is 0. The van der Waals surface area contributed by atoms with Crippen molar-refractivity contribution in [1.82, 2.24) is 0 Å². The highest BCUT2D eigenvalue weighted by Gasteiger charge is 2.08. The summed E-state index contributed by atoms with van der Waals surface area (Å²) < 4.78 is 0. The van der Waals surface area contributed by atoms with E-state index in [1.54, 1.807) is 0 Å². The van der Waals surface area contributed by atoms with Crippen molar-refractivity contribution in [1.29, 1.82) is 0 Å². The molecule has 0 radical (unpaired) electrons. The Kier molecular flexibility index (Phi) is 4.39. The minimum absolute atomic E-state index is 0.123. The van der Waals surface area contributed by atoms with E-state index in [1.165, 1.54) is 16.7 Å². The molecule has 0 saturated heterocycles. The largest absolute Gasteiger partial charge is 0.324 e. The summed E-state index contributed by atoms with van der Waals surface area (Å²) in [5, 5.41) is 0. The molecule has 0 aromatic heterocycles. The number of rotatable bonds is 4. The van der Waals surface area contributed by atoms with E-state index in [0.717, 1.165) is 19.3 Å². The third kappa shape index (κ3) is 3.11. The summed E-state index contributed by atoms with van der Waals surface area (Å²) in [6.45, 7) is 4.25. The van der Waals surface area contributed by atoms with Gasteiger partial charge in [-0.25, -0.2) is 0 Å². The van der Waals surface area contributed by atoms with Crippen LogP contribution in [-0.4, -0.2) is 0 Å². The van der Waals surface area contributed by atoms with Gasteiger partial charge in [0.15, 0.2) is 0 Å². The Morgan fingerprint density at radius 2 is 2.13 bits per heavy atom. The van der Waals surface area contributed by atoms with Crippen LogP contribution < -0.4 is 5.73 Å². The second-order valence-corrected chi connectivity index (χ2v) is 3.99. The molecule has 0 aliphatic carbocycles. The molecule has 0 heterocycles. The van der Waals surface area contributed by atoms with E-state index in [1.807, 2.05) is 0 Å². The maximum atomic E-state index is 6.14. The summed E-state index contributed by atoms with van der Waals surface area (Å²) in [5.41, 5.74) is 10.0. The zero-order valence-electron chi connectivity index (χ0n) is 9.59. The van der Waals surface area contributed by atoms with Gasteiger partial charge in [0.1, 0.15) is 0 Å². The fourth-order valence-electron chi connectivity index (χ4n) is 1.76. The Hall–Kier alpha value is -1.26. The molecule has 2 N–H and O–H groups in total. The molecule has 0 saturated carbocycles. The van der Waals surface area contributed by atoms with Crippen molar-refractivity contribution in [2.75, 3.05) is 0 Å². The van der Waals surface area contributed by atoms with E-state index >= 15 is 0 Å². The molecule has 0 bridgehead atoms. The van der Waals surface area contributed by atoms with Crippen LogP contribution in [0.4, 0.5) is 0 Å². The third-order valence-corrected chi connectivity index (χ3v) is 2.88. The van der Waals surface area contributed by atoms with E-state index in [9.17, 15) is 0 Å². The first-order valence-electron chi connectivity index (χ1n) is 5.42. The van der Waals surface area contributed by atoms with Gasteiger partial charge in [0.05, 0.1) is 0 Å². The van der Waals surface area contributed by atoms with Gasteiger partial charge < -0.3 is 5.73 Å². The van der Waals surface area contributed by atoms with E-state index in [4.69, 9.17) is 12.2 Å². The van der Waals surface area contributed by atoms with Crippen LogP contribution in [0.5, 0.6) is 0 Å². The summed E-state index contributed by atoms with van der Waals surface area (Å²) in [5.74, 6) is 2.64. The number of hydrogen-bond donors (Lipinski definition) is 1. The minimum Gasteiger partial charge on any atom is -0.324 e. The van der Waals surface area contributed by atoms with E-state index in [-0.39, 0.29) is 6.04 Å². The molecular formula is C14H19N. The van der Waals surface area contributed by atoms with Crippen LogP contribution in [0, 0.1) is 26.2 Å². The zero-order valence-corrected chi connectivity index (χ0v) is 9.59. The number of benzene rings is 1. The van der Waals surface area contributed by atoms with Gasteiger partial charge in [0, 0.05) is 12.5 Å². The van der Waals surface area contributed by atoms with E-state index < -0.39 is 0 Å². The van der Waals surface area contributed by atoms with Crippen molar-refractivity contribution in [3.63, 3.8) is 0 Å². The Morgan fingerprint density at radius 1 is 1.40 bits per heavy atom. The summed E-state index contributed by atoms with van der Waals surface area (Å²) in [7, 11) is 0. The lowest BCUT2D eigenvalue weighted by Gasteiger charge is -2.15. The highest BCUT2D eigenvalue weighted by molar-refractivity contribution is 5.35. The van der Waals surface area contributed by atoms with Gasteiger partial charge in [-0.15, -0.1) is 12.3 Å². The molecule has 1 nitrogen and oxygen atoms in total. The van der Waals surface area contributed by atoms with Gasteiger partial charge in [0.2, 0.25) is 0 Å². The van der Waals surface area contributed by atoms with Crippen LogP contribution in [-0.2, 0) is 0 Å². The molecule has 1 aromatic rings. The monoisotopic (exact) mass is 201 g/mol. The summed E-state index contributed by atoms with van der Waals surface area (Å²) >= 11 is 0. The van der Waals surface area contributed by atoms with Crippen molar-refractivity contribution in [2.45, 2.75) is 39.2 Å². The standard InChI is InChI=1S/C14H19N/c1-4-5-6-10-14(15)13-9-7-8-11(2)12(13)3/h1,7-9,14H,5-6,10,15H2,2-3H3. The number of nitrogens with two attached hydrogens (primary N) is 1. The number of unbranched alkanes of at least 4 members (excludes halogenated alkanes) is 1.